The molecule has 0 saturated heterocycles. The van der Waals surface area contributed by atoms with E-state index >= 15 is 0 Å². The minimum absolute atomic E-state index is 0.263. The lowest BCUT2D eigenvalue weighted by atomic mass is 10.0. The van der Waals surface area contributed by atoms with Gasteiger partial charge in [-0.1, -0.05) is 6.07 Å². The molecule has 0 radical (unpaired) electrons. The van der Waals surface area contributed by atoms with Crippen LogP contribution >= 0.6 is 0 Å². The lowest BCUT2D eigenvalue weighted by molar-refractivity contribution is 0.627. The third kappa shape index (κ3) is 3.46. The van der Waals surface area contributed by atoms with Crippen LogP contribution in [0, 0.1) is 12.7 Å². The summed E-state index contributed by atoms with van der Waals surface area (Å²) in [4.78, 5) is 9.12. The summed E-state index contributed by atoms with van der Waals surface area (Å²) in [6.07, 6.45) is 2.80. The van der Waals surface area contributed by atoms with Crippen LogP contribution in [0.25, 0.3) is 11.0 Å². The molecule has 4 aromatic rings. The zero-order chi connectivity index (χ0) is 20.7. The van der Waals surface area contributed by atoms with E-state index < -0.39 is 0 Å². The van der Waals surface area contributed by atoms with Gasteiger partial charge in [0.25, 0.3) is 0 Å². The van der Waals surface area contributed by atoms with E-state index in [0.29, 0.717) is 17.4 Å². The lowest BCUT2D eigenvalue weighted by Gasteiger charge is -2.18. The molecule has 3 heterocycles. The van der Waals surface area contributed by atoms with E-state index in [1.165, 1.54) is 23.3 Å². The molecular formula is C22H22FN7. The van der Waals surface area contributed by atoms with Crippen molar-refractivity contribution in [3.05, 3.63) is 65.1 Å². The maximum absolute atomic E-state index is 13.4. The van der Waals surface area contributed by atoms with Crippen molar-refractivity contribution in [1.29, 1.82) is 0 Å². The molecule has 0 fully saturated rings. The molecule has 0 saturated carbocycles. The van der Waals surface area contributed by atoms with Gasteiger partial charge < -0.3 is 16.0 Å². The maximum atomic E-state index is 13.4. The first kappa shape index (κ1) is 18.5. The predicted octanol–water partition coefficient (Wildman–Crippen LogP) is 3.94. The minimum Gasteiger partial charge on any atom is -0.338 e. The molecule has 0 atom stereocenters. The van der Waals surface area contributed by atoms with Crippen LogP contribution in [-0.2, 0) is 20.0 Å². The van der Waals surface area contributed by atoms with E-state index in [9.17, 15) is 4.39 Å². The first-order valence-electron chi connectivity index (χ1n) is 9.89. The Morgan fingerprint density at radius 3 is 2.87 bits per heavy atom. The van der Waals surface area contributed by atoms with Gasteiger partial charge in [-0.15, -0.1) is 0 Å². The maximum Gasteiger partial charge on any atom is 0.229 e. The zero-order valence-electron chi connectivity index (χ0n) is 16.8. The average Bonchev–Trinajstić information content (AvgIpc) is 3.05. The second-order valence-electron chi connectivity index (χ2n) is 7.52. The summed E-state index contributed by atoms with van der Waals surface area (Å²) in [6.45, 7) is 3.75. The molecule has 2 aromatic heterocycles. The number of nitrogens with zero attached hydrogens (tertiary/aromatic N) is 4. The molecule has 2 aromatic carbocycles. The zero-order valence-corrected chi connectivity index (χ0v) is 16.8. The quantitative estimate of drug-likeness (QED) is 0.479. The Morgan fingerprint density at radius 2 is 2.00 bits per heavy atom. The van der Waals surface area contributed by atoms with E-state index in [4.69, 9.17) is 0 Å². The molecule has 0 unspecified atom stereocenters. The van der Waals surface area contributed by atoms with Crippen molar-refractivity contribution in [3.63, 3.8) is 0 Å². The van der Waals surface area contributed by atoms with Crippen molar-refractivity contribution in [2.45, 2.75) is 19.9 Å². The van der Waals surface area contributed by atoms with Crippen molar-refractivity contribution in [1.82, 2.24) is 25.1 Å². The fraction of sp³-hybridized carbons (Fsp3) is 0.227. The van der Waals surface area contributed by atoms with E-state index in [-0.39, 0.29) is 5.82 Å². The van der Waals surface area contributed by atoms with Crippen molar-refractivity contribution in [2.75, 3.05) is 17.2 Å². The highest BCUT2D eigenvalue weighted by molar-refractivity contribution is 5.89. The fourth-order valence-electron chi connectivity index (χ4n) is 3.77. The Labute approximate surface area is 173 Å². The van der Waals surface area contributed by atoms with Gasteiger partial charge in [0.1, 0.15) is 5.82 Å². The number of benzene rings is 2. The van der Waals surface area contributed by atoms with Gasteiger partial charge in [0.15, 0.2) is 11.5 Å². The normalized spacial score (nSPS) is 13.3. The Bertz CT molecular complexity index is 1250. The summed E-state index contributed by atoms with van der Waals surface area (Å²) >= 11 is 0. The van der Waals surface area contributed by atoms with E-state index in [2.05, 4.69) is 49.2 Å². The number of anilines is 4. The van der Waals surface area contributed by atoms with Crippen LogP contribution in [0.1, 0.15) is 16.7 Å². The van der Waals surface area contributed by atoms with Gasteiger partial charge in [0.2, 0.25) is 5.95 Å². The molecule has 0 spiro atoms. The molecule has 7 nitrogen and oxygen atoms in total. The monoisotopic (exact) mass is 403 g/mol. The molecule has 1 aliphatic rings. The number of hydrogen-bond donors (Lipinski definition) is 3. The van der Waals surface area contributed by atoms with Gasteiger partial charge in [-0.25, -0.2) is 14.1 Å². The smallest absolute Gasteiger partial charge is 0.229 e. The number of aryl methyl sites for hydroxylation is 2. The number of fused-ring (bicyclic) bond motifs is 2. The molecule has 1 aliphatic heterocycles. The van der Waals surface area contributed by atoms with Crippen molar-refractivity contribution in [3.8, 4) is 0 Å². The number of hydrogen-bond acceptors (Lipinski definition) is 6. The number of halogens is 1. The number of rotatable bonds is 4. The van der Waals surface area contributed by atoms with Gasteiger partial charge >= 0.3 is 0 Å². The third-order valence-corrected chi connectivity index (χ3v) is 5.37. The average molecular weight is 403 g/mol. The summed E-state index contributed by atoms with van der Waals surface area (Å²) < 4.78 is 15.1. The summed E-state index contributed by atoms with van der Waals surface area (Å²) in [5, 5.41) is 15.3. The minimum atomic E-state index is -0.263. The fourth-order valence-corrected chi connectivity index (χ4v) is 3.77. The van der Waals surface area contributed by atoms with Crippen molar-refractivity contribution in [2.24, 2.45) is 7.05 Å². The van der Waals surface area contributed by atoms with Crippen molar-refractivity contribution < 1.29 is 4.39 Å². The third-order valence-electron chi connectivity index (χ3n) is 5.37. The van der Waals surface area contributed by atoms with Crippen LogP contribution in [0.4, 0.5) is 27.5 Å². The Balaban J connectivity index is 1.43. The summed E-state index contributed by atoms with van der Waals surface area (Å²) in [5.74, 6) is 0.883. The first-order valence-corrected chi connectivity index (χ1v) is 9.89. The first-order chi connectivity index (χ1) is 14.6. The molecular weight excluding hydrogens is 381 g/mol. The summed E-state index contributed by atoms with van der Waals surface area (Å²) in [7, 11) is 1.84. The topological polar surface area (TPSA) is 79.7 Å². The van der Waals surface area contributed by atoms with Gasteiger partial charge in [0.05, 0.1) is 5.39 Å². The van der Waals surface area contributed by atoms with E-state index in [1.54, 1.807) is 16.9 Å². The van der Waals surface area contributed by atoms with Crippen molar-refractivity contribution >= 4 is 34.2 Å². The number of nitrogens with one attached hydrogen (secondary N) is 3. The van der Waals surface area contributed by atoms with Crippen LogP contribution in [0.3, 0.4) is 0 Å². The number of aromatic nitrogens is 4. The van der Waals surface area contributed by atoms with E-state index in [0.717, 1.165) is 41.8 Å². The molecule has 152 valence electrons. The predicted molar refractivity (Wildman–Crippen MR) is 116 cm³/mol. The molecule has 8 heteroatoms. The Hall–Kier alpha value is -3.52. The van der Waals surface area contributed by atoms with Crippen LogP contribution in [0.5, 0.6) is 0 Å². The lowest BCUT2D eigenvalue weighted by Crippen LogP contribution is -2.23. The van der Waals surface area contributed by atoms with Crippen LogP contribution in [0.15, 0.2) is 42.6 Å². The van der Waals surface area contributed by atoms with Gasteiger partial charge in [-0.2, -0.15) is 10.1 Å². The highest BCUT2D eigenvalue weighted by Gasteiger charge is 2.14. The molecule has 0 aliphatic carbocycles. The Kier molecular flexibility index (Phi) is 4.55. The van der Waals surface area contributed by atoms with Gasteiger partial charge in [-0.3, -0.25) is 0 Å². The highest BCUT2D eigenvalue weighted by atomic mass is 19.1. The molecule has 5 rings (SSSR count). The molecule has 0 amide bonds. The standard InChI is InChI=1S/C22H22FN7/c1-13-9-16(23)4-6-19(13)27-20-18-12-25-22(28-21(18)30(2)29-20)26-17-5-3-14-7-8-24-11-15(14)10-17/h3-6,9-10,12,24H,7-8,11H2,1-2H3,(H,27,29)(H,25,26,28). The van der Waals surface area contributed by atoms with Crippen LogP contribution < -0.4 is 16.0 Å². The van der Waals surface area contributed by atoms with Crippen LogP contribution in [0.2, 0.25) is 0 Å². The summed E-state index contributed by atoms with van der Waals surface area (Å²) in [5.41, 5.74) is 5.94. The molecule has 0 bridgehead atoms. The largest absolute Gasteiger partial charge is 0.338 e. The van der Waals surface area contributed by atoms with Crippen LogP contribution in [-0.4, -0.2) is 26.3 Å². The molecule has 3 N–H and O–H groups in total. The van der Waals surface area contributed by atoms with Gasteiger partial charge in [0, 0.05) is 31.2 Å². The highest BCUT2D eigenvalue weighted by Crippen LogP contribution is 2.27. The molecule has 30 heavy (non-hydrogen) atoms. The SMILES string of the molecule is Cc1cc(F)ccc1Nc1nn(C)c2nc(Nc3ccc4c(c3)CNCC4)ncc12. The second kappa shape index (κ2) is 7.38. The summed E-state index contributed by atoms with van der Waals surface area (Å²) in [6, 6.07) is 11.0. The Morgan fingerprint density at radius 1 is 1.10 bits per heavy atom. The van der Waals surface area contributed by atoms with E-state index in [1.807, 2.05) is 14.0 Å². The second-order valence-corrected chi connectivity index (χ2v) is 7.52. The van der Waals surface area contributed by atoms with Gasteiger partial charge in [-0.05, 0) is 66.9 Å².